The molecule has 0 bridgehead atoms. The van der Waals surface area contributed by atoms with Crippen LogP contribution < -0.4 is 4.74 Å². The van der Waals surface area contributed by atoms with Crippen molar-refractivity contribution >= 4 is 5.78 Å². The molecule has 0 atom stereocenters. The Bertz CT molecular complexity index is 570. The summed E-state index contributed by atoms with van der Waals surface area (Å²) in [5, 5.41) is 0. The standard InChI is InChI=1S/C18H20O2/c1-3-4-6-14-9-11-15(12-10-14)18(19)16-7-5-8-17(13-16)20-2/h5,7-13H,3-4,6H2,1-2H3. The second-order valence-electron chi connectivity index (χ2n) is 4.86. The number of methoxy groups -OCH3 is 1. The molecule has 20 heavy (non-hydrogen) atoms. The van der Waals surface area contributed by atoms with Crippen molar-refractivity contribution in [2.75, 3.05) is 7.11 Å². The Balaban J connectivity index is 2.16. The topological polar surface area (TPSA) is 26.3 Å². The number of carbonyl (C=O) groups excluding carboxylic acids is 1. The highest BCUT2D eigenvalue weighted by Gasteiger charge is 2.09. The SMILES string of the molecule is CCCCc1ccc(C(=O)c2cccc(OC)c2)cc1. The van der Waals surface area contributed by atoms with E-state index in [1.165, 1.54) is 18.4 Å². The lowest BCUT2D eigenvalue weighted by Crippen LogP contribution is -2.01. The van der Waals surface area contributed by atoms with Gasteiger partial charge in [-0.2, -0.15) is 0 Å². The van der Waals surface area contributed by atoms with Crippen LogP contribution in [0, 0.1) is 0 Å². The number of unbranched alkanes of at least 4 members (excludes halogenated alkanes) is 1. The minimum absolute atomic E-state index is 0.0333. The predicted molar refractivity (Wildman–Crippen MR) is 81.5 cm³/mol. The van der Waals surface area contributed by atoms with E-state index in [0.717, 1.165) is 12.0 Å². The fourth-order valence-electron chi connectivity index (χ4n) is 2.13. The van der Waals surface area contributed by atoms with Gasteiger partial charge < -0.3 is 4.74 Å². The van der Waals surface area contributed by atoms with Gasteiger partial charge in [0.15, 0.2) is 5.78 Å². The summed E-state index contributed by atoms with van der Waals surface area (Å²) in [6.07, 6.45) is 3.44. The zero-order valence-corrected chi connectivity index (χ0v) is 12.1. The Morgan fingerprint density at radius 1 is 1.05 bits per heavy atom. The maximum absolute atomic E-state index is 12.4. The van der Waals surface area contributed by atoms with Crippen LogP contribution in [-0.2, 0) is 6.42 Å². The van der Waals surface area contributed by atoms with Crippen LogP contribution in [0.2, 0.25) is 0 Å². The second kappa shape index (κ2) is 6.90. The highest BCUT2D eigenvalue weighted by molar-refractivity contribution is 6.09. The minimum Gasteiger partial charge on any atom is -0.497 e. The molecule has 2 nitrogen and oxygen atoms in total. The van der Waals surface area contributed by atoms with E-state index in [1.54, 1.807) is 13.2 Å². The molecule has 0 unspecified atom stereocenters. The van der Waals surface area contributed by atoms with E-state index in [0.29, 0.717) is 11.3 Å². The largest absolute Gasteiger partial charge is 0.497 e. The van der Waals surface area contributed by atoms with Gasteiger partial charge >= 0.3 is 0 Å². The number of hydrogen-bond acceptors (Lipinski definition) is 2. The van der Waals surface area contributed by atoms with Gasteiger partial charge in [0.1, 0.15) is 5.75 Å². The molecule has 0 N–H and O–H groups in total. The molecule has 0 aliphatic rings. The Hall–Kier alpha value is -2.09. The summed E-state index contributed by atoms with van der Waals surface area (Å²) in [5.74, 6) is 0.737. The molecule has 0 amide bonds. The van der Waals surface area contributed by atoms with Crippen molar-refractivity contribution in [3.63, 3.8) is 0 Å². The molecule has 2 aromatic carbocycles. The smallest absolute Gasteiger partial charge is 0.193 e. The third-order valence-corrected chi connectivity index (χ3v) is 3.37. The van der Waals surface area contributed by atoms with Gasteiger partial charge in [0.2, 0.25) is 0 Å². The number of ether oxygens (including phenoxy) is 1. The summed E-state index contributed by atoms with van der Waals surface area (Å²) in [6.45, 7) is 2.18. The lowest BCUT2D eigenvalue weighted by atomic mass is 10.0. The summed E-state index contributed by atoms with van der Waals surface area (Å²) in [4.78, 5) is 12.4. The van der Waals surface area contributed by atoms with Crippen molar-refractivity contribution in [3.8, 4) is 5.75 Å². The van der Waals surface area contributed by atoms with Crippen LogP contribution in [0.5, 0.6) is 5.75 Å². The fourth-order valence-corrected chi connectivity index (χ4v) is 2.13. The molecule has 0 saturated heterocycles. The first-order chi connectivity index (χ1) is 9.74. The average molecular weight is 268 g/mol. The Morgan fingerprint density at radius 2 is 1.80 bits per heavy atom. The lowest BCUT2D eigenvalue weighted by molar-refractivity contribution is 0.103. The van der Waals surface area contributed by atoms with Gasteiger partial charge in [0, 0.05) is 11.1 Å². The van der Waals surface area contributed by atoms with Gasteiger partial charge in [-0.25, -0.2) is 0 Å². The molecule has 0 fully saturated rings. The van der Waals surface area contributed by atoms with Crippen molar-refractivity contribution in [1.82, 2.24) is 0 Å². The fraction of sp³-hybridized carbons (Fsp3) is 0.278. The lowest BCUT2D eigenvalue weighted by Gasteiger charge is -2.05. The van der Waals surface area contributed by atoms with Gasteiger partial charge in [-0.1, -0.05) is 49.7 Å². The quantitative estimate of drug-likeness (QED) is 0.731. The zero-order valence-electron chi connectivity index (χ0n) is 12.1. The highest BCUT2D eigenvalue weighted by Crippen LogP contribution is 2.17. The van der Waals surface area contributed by atoms with Crippen LogP contribution in [0.3, 0.4) is 0 Å². The van der Waals surface area contributed by atoms with E-state index in [2.05, 4.69) is 6.92 Å². The minimum atomic E-state index is 0.0333. The summed E-state index contributed by atoms with van der Waals surface area (Å²) >= 11 is 0. The molecule has 0 saturated carbocycles. The molecular formula is C18H20O2. The first kappa shape index (κ1) is 14.3. The summed E-state index contributed by atoms with van der Waals surface area (Å²) in [6, 6.07) is 15.2. The summed E-state index contributed by atoms with van der Waals surface area (Å²) in [5.41, 5.74) is 2.67. The third kappa shape index (κ3) is 3.47. The van der Waals surface area contributed by atoms with E-state index in [4.69, 9.17) is 4.74 Å². The van der Waals surface area contributed by atoms with Crippen LogP contribution in [0.15, 0.2) is 48.5 Å². The number of rotatable bonds is 6. The van der Waals surface area contributed by atoms with Crippen LogP contribution in [0.25, 0.3) is 0 Å². The summed E-state index contributed by atoms with van der Waals surface area (Å²) < 4.78 is 5.15. The van der Waals surface area contributed by atoms with Crippen LogP contribution >= 0.6 is 0 Å². The molecule has 0 aromatic heterocycles. The molecule has 2 heteroatoms. The number of carbonyl (C=O) groups is 1. The number of aryl methyl sites for hydroxylation is 1. The first-order valence-corrected chi connectivity index (χ1v) is 7.02. The monoisotopic (exact) mass is 268 g/mol. The van der Waals surface area contributed by atoms with Crippen molar-refractivity contribution in [3.05, 3.63) is 65.2 Å². The van der Waals surface area contributed by atoms with Crippen LogP contribution in [0.4, 0.5) is 0 Å². The van der Waals surface area contributed by atoms with Gasteiger partial charge in [-0.3, -0.25) is 4.79 Å². The molecule has 0 aliphatic heterocycles. The van der Waals surface area contributed by atoms with Crippen molar-refractivity contribution in [2.24, 2.45) is 0 Å². The maximum atomic E-state index is 12.4. The van der Waals surface area contributed by atoms with E-state index in [-0.39, 0.29) is 5.78 Å². The molecular weight excluding hydrogens is 248 g/mol. The van der Waals surface area contributed by atoms with Gasteiger partial charge in [-0.15, -0.1) is 0 Å². The van der Waals surface area contributed by atoms with Crippen molar-refractivity contribution < 1.29 is 9.53 Å². The second-order valence-corrected chi connectivity index (χ2v) is 4.86. The maximum Gasteiger partial charge on any atom is 0.193 e. The molecule has 0 spiro atoms. The van der Waals surface area contributed by atoms with Crippen molar-refractivity contribution in [1.29, 1.82) is 0 Å². The normalized spacial score (nSPS) is 10.3. The molecule has 104 valence electrons. The van der Waals surface area contributed by atoms with Gasteiger partial charge in [0.25, 0.3) is 0 Å². The molecule has 0 heterocycles. The molecule has 0 radical (unpaired) electrons. The van der Waals surface area contributed by atoms with Gasteiger partial charge in [-0.05, 0) is 30.5 Å². The zero-order chi connectivity index (χ0) is 14.4. The Morgan fingerprint density at radius 3 is 2.45 bits per heavy atom. The number of benzene rings is 2. The summed E-state index contributed by atoms with van der Waals surface area (Å²) in [7, 11) is 1.60. The first-order valence-electron chi connectivity index (χ1n) is 7.02. The third-order valence-electron chi connectivity index (χ3n) is 3.37. The average Bonchev–Trinajstić information content (AvgIpc) is 2.52. The Labute approximate surface area is 120 Å². The number of hydrogen-bond donors (Lipinski definition) is 0. The molecule has 2 aromatic rings. The van der Waals surface area contributed by atoms with Crippen molar-refractivity contribution in [2.45, 2.75) is 26.2 Å². The van der Waals surface area contributed by atoms with Crippen LogP contribution in [0.1, 0.15) is 41.3 Å². The van der Waals surface area contributed by atoms with Crippen LogP contribution in [-0.4, -0.2) is 12.9 Å². The van der Waals surface area contributed by atoms with E-state index < -0.39 is 0 Å². The predicted octanol–water partition coefficient (Wildman–Crippen LogP) is 4.27. The Kier molecular flexibility index (Phi) is 4.94. The molecule has 0 aliphatic carbocycles. The highest BCUT2D eigenvalue weighted by atomic mass is 16.5. The van der Waals surface area contributed by atoms with Gasteiger partial charge in [0.05, 0.1) is 7.11 Å². The molecule has 2 rings (SSSR count). The van der Waals surface area contributed by atoms with E-state index >= 15 is 0 Å². The van der Waals surface area contributed by atoms with E-state index in [1.807, 2.05) is 42.5 Å². The van der Waals surface area contributed by atoms with E-state index in [9.17, 15) is 4.79 Å². The number of ketones is 1.